The number of nitrogens with two attached hydrogens (primary N) is 1. The molecule has 1 aromatic rings. The normalized spacial score (nSPS) is 12.1. The molecule has 3 heteroatoms. The van der Waals surface area contributed by atoms with Crippen LogP contribution in [0.5, 0.6) is 0 Å². The molecule has 1 atom stereocenters. The Morgan fingerprint density at radius 2 is 1.94 bits per heavy atom. The van der Waals surface area contributed by atoms with Crippen molar-refractivity contribution in [2.24, 2.45) is 5.73 Å². The van der Waals surface area contributed by atoms with E-state index in [2.05, 4.69) is 12.2 Å². The number of hydrogen-bond acceptors (Lipinski definition) is 2. The van der Waals surface area contributed by atoms with Crippen LogP contribution in [0.4, 0.5) is 0 Å². The van der Waals surface area contributed by atoms with E-state index in [1.54, 1.807) is 0 Å². The van der Waals surface area contributed by atoms with Crippen LogP contribution in [0.2, 0.25) is 0 Å². The summed E-state index contributed by atoms with van der Waals surface area (Å²) in [5.74, 6) is -0.0460. The maximum absolute atomic E-state index is 11.7. The van der Waals surface area contributed by atoms with Crippen LogP contribution in [-0.4, -0.2) is 18.5 Å². The number of nitrogens with one attached hydrogen (secondary N) is 1. The van der Waals surface area contributed by atoms with Crippen molar-refractivity contribution in [3.05, 3.63) is 35.9 Å². The number of amides is 1. The summed E-state index contributed by atoms with van der Waals surface area (Å²) in [6, 6.07) is 9.43. The molecule has 0 saturated heterocycles. The van der Waals surface area contributed by atoms with Gasteiger partial charge < -0.3 is 11.1 Å². The van der Waals surface area contributed by atoms with Crippen molar-refractivity contribution >= 4 is 5.91 Å². The molecule has 1 rings (SSSR count). The molecule has 0 aliphatic heterocycles. The number of carbonyl (C=O) groups excluding carboxylic acids is 1. The first kappa shape index (κ1) is 14.7. The number of rotatable bonds is 8. The van der Waals surface area contributed by atoms with E-state index in [4.69, 9.17) is 5.73 Å². The largest absolute Gasteiger partial charge is 0.355 e. The second-order valence-corrected chi connectivity index (χ2v) is 4.65. The average Bonchev–Trinajstić information content (AvgIpc) is 2.39. The van der Waals surface area contributed by atoms with E-state index in [1.165, 1.54) is 19.3 Å². The minimum absolute atomic E-state index is 0.0460. The van der Waals surface area contributed by atoms with Crippen molar-refractivity contribution in [1.82, 2.24) is 5.32 Å². The van der Waals surface area contributed by atoms with Gasteiger partial charge in [0.1, 0.15) is 0 Å². The Kier molecular flexibility index (Phi) is 7.11. The predicted octanol–water partition coefficient (Wildman–Crippen LogP) is 2.25. The Bertz CT molecular complexity index is 338. The van der Waals surface area contributed by atoms with E-state index in [9.17, 15) is 4.79 Å². The van der Waals surface area contributed by atoms with Gasteiger partial charge in [0.15, 0.2) is 0 Å². The summed E-state index contributed by atoms with van der Waals surface area (Å²) in [5, 5.41) is 2.90. The zero-order valence-corrected chi connectivity index (χ0v) is 11.2. The van der Waals surface area contributed by atoms with Gasteiger partial charge in [0.2, 0.25) is 5.91 Å². The number of benzene rings is 1. The third-order valence-corrected chi connectivity index (χ3v) is 2.96. The lowest BCUT2D eigenvalue weighted by molar-refractivity contribution is -0.122. The Morgan fingerprint density at radius 1 is 1.22 bits per heavy atom. The summed E-state index contributed by atoms with van der Waals surface area (Å²) in [4.78, 5) is 11.7. The van der Waals surface area contributed by atoms with Gasteiger partial charge in [0, 0.05) is 6.54 Å². The first-order valence-corrected chi connectivity index (χ1v) is 6.81. The van der Waals surface area contributed by atoms with Crippen LogP contribution in [-0.2, 0) is 11.2 Å². The SMILES string of the molecule is CCCCCCNC(=O)[C@H](N)Cc1ccccc1. The van der Waals surface area contributed by atoms with Crippen LogP contribution in [0.1, 0.15) is 38.2 Å². The molecule has 1 amide bonds. The fourth-order valence-corrected chi connectivity index (χ4v) is 1.86. The smallest absolute Gasteiger partial charge is 0.237 e. The summed E-state index contributed by atoms with van der Waals surface area (Å²) in [6.07, 6.45) is 5.25. The standard InChI is InChI=1S/C15H24N2O/c1-2-3-4-8-11-17-15(18)14(16)12-13-9-6-5-7-10-13/h5-7,9-10,14H,2-4,8,11-12,16H2,1H3,(H,17,18)/t14-/m1/s1. The molecule has 0 aliphatic carbocycles. The van der Waals surface area contributed by atoms with Gasteiger partial charge >= 0.3 is 0 Å². The second-order valence-electron chi connectivity index (χ2n) is 4.65. The summed E-state index contributed by atoms with van der Waals surface area (Å²) in [6.45, 7) is 2.91. The quantitative estimate of drug-likeness (QED) is 0.693. The number of hydrogen-bond donors (Lipinski definition) is 2. The molecule has 0 heterocycles. The summed E-state index contributed by atoms with van der Waals surface area (Å²) < 4.78 is 0. The van der Waals surface area contributed by atoms with Gasteiger partial charge in [0.25, 0.3) is 0 Å². The molecule has 18 heavy (non-hydrogen) atoms. The zero-order chi connectivity index (χ0) is 13.2. The Labute approximate surface area is 110 Å². The molecule has 0 saturated carbocycles. The van der Waals surface area contributed by atoms with E-state index >= 15 is 0 Å². The van der Waals surface area contributed by atoms with Crippen molar-refractivity contribution in [2.75, 3.05) is 6.54 Å². The Hall–Kier alpha value is -1.35. The maximum Gasteiger partial charge on any atom is 0.237 e. The number of carbonyl (C=O) groups is 1. The van der Waals surface area contributed by atoms with Gasteiger partial charge in [-0.3, -0.25) is 4.79 Å². The monoisotopic (exact) mass is 248 g/mol. The lowest BCUT2D eigenvalue weighted by Crippen LogP contribution is -2.42. The number of unbranched alkanes of at least 4 members (excludes halogenated alkanes) is 3. The summed E-state index contributed by atoms with van der Waals surface area (Å²) in [7, 11) is 0. The fraction of sp³-hybridized carbons (Fsp3) is 0.533. The van der Waals surface area contributed by atoms with Gasteiger partial charge in [-0.1, -0.05) is 56.5 Å². The first-order chi connectivity index (χ1) is 8.74. The van der Waals surface area contributed by atoms with E-state index in [-0.39, 0.29) is 5.91 Å². The first-order valence-electron chi connectivity index (χ1n) is 6.81. The molecular weight excluding hydrogens is 224 g/mol. The maximum atomic E-state index is 11.7. The topological polar surface area (TPSA) is 55.1 Å². The second kappa shape index (κ2) is 8.70. The zero-order valence-electron chi connectivity index (χ0n) is 11.2. The van der Waals surface area contributed by atoms with Crippen LogP contribution in [0, 0.1) is 0 Å². The highest BCUT2D eigenvalue weighted by Gasteiger charge is 2.12. The van der Waals surface area contributed by atoms with E-state index in [0.29, 0.717) is 6.42 Å². The molecule has 0 aliphatic rings. The predicted molar refractivity (Wildman–Crippen MR) is 75.3 cm³/mol. The van der Waals surface area contributed by atoms with Gasteiger partial charge in [0.05, 0.1) is 6.04 Å². The van der Waals surface area contributed by atoms with Gasteiger partial charge in [-0.25, -0.2) is 0 Å². The highest BCUT2D eigenvalue weighted by molar-refractivity contribution is 5.81. The molecule has 0 aromatic heterocycles. The molecule has 0 spiro atoms. The van der Waals surface area contributed by atoms with Crippen molar-refractivity contribution in [3.63, 3.8) is 0 Å². The molecule has 0 radical (unpaired) electrons. The highest BCUT2D eigenvalue weighted by atomic mass is 16.2. The molecule has 0 unspecified atom stereocenters. The Balaban J connectivity index is 2.21. The lowest BCUT2D eigenvalue weighted by atomic mass is 10.1. The molecule has 3 nitrogen and oxygen atoms in total. The third kappa shape index (κ3) is 5.82. The van der Waals surface area contributed by atoms with Gasteiger partial charge in [-0.05, 0) is 18.4 Å². The fourth-order valence-electron chi connectivity index (χ4n) is 1.86. The van der Waals surface area contributed by atoms with Gasteiger partial charge in [-0.15, -0.1) is 0 Å². The third-order valence-electron chi connectivity index (χ3n) is 2.96. The minimum Gasteiger partial charge on any atom is -0.355 e. The molecule has 0 fully saturated rings. The lowest BCUT2D eigenvalue weighted by Gasteiger charge is -2.12. The van der Waals surface area contributed by atoms with Crippen LogP contribution in [0.15, 0.2) is 30.3 Å². The van der Waals surface area contributed by atoms with Crippen molar-refractivity contribution < 1.29 is 4.79 Å². The molecule has 3 N–H and O–H groups in total. The van der Waals surface area contributed by atoms with Crippen LogP contribution < -0.4 is 11.1 Å². The van der Waals surface area contributed by atoms with Crippen LogP contribution >= 0.6 is 0 Å². The summed E-state index contributed by atoms with van der Waals surface area (Å²) >= 11 is 0. The molecule has 1 aromatic carbocycles. The van der Waals surface area contributed by atoms with Crippen molar-refractivity contribution in [1.29, 1.82) is 0 Å². The molecule has 0 bridgehead atoms. The van der Waals surface area contributed by atoms with Crippen molar-refractivity contribution in [2.45, 2.75) is 45.1 Å². The minimum atomic E-state index is -0.446. The highest BCUT2D eigenvalue weighted by Crippen LogP contribution is 2.02. The van der Waals surface area contributed by atoms with Crippen molar-refractivity contribution in [3.8, 4) is 0 Å². The Morgan fingerprint density at radius 3 is 2.61 bits per heavy atom. The molecule has 100 valence electrons. The van der Waals surface area contributed by atoms with Gasteiger partial charge in [-0.2, -0.15) is 0 Å². The average molecular weight is 248 g/mol. The summed E-state index contributed by atoms with van der Waals surface area (Å²) in [5.41, 5.74) is 6.98. The van der Waals surface area contributed by atoms with E-state index in [1.807, 2.05) is 30.3 Å². The van der Waals surface area contributed by atoms with Crippen LogP contribution in [0.3, 0.4) is 0 Å². The van der Waals surface area contributed by atoms with E-state index < -0.39 is 6.04 Å². The molecular formula is C15H24N2O. The van der Waals surface area contributed by atoms with Crippen LogP contribution in [0.25, 0.3) is 0 Å². The van der Waals surface area contributed by atoms with E-state index in [0.717, 1.165) is 18.5 Å².